The lowest BCUT2D eigenvalue weighted by atomic mass is 10.0. The maximum Gasteiger partial charge on any atom is 0.226 e. The van der Waals surface area contributed by atoms with Crippen molar-refractivity contribution in [3.05, 3.63) is 11.9 Å². The number of nitrogens with zero attached hydrogens (tertiary/aromatic N) is 3. The highest BCUT2D eigenvalue weighted by Gasteiger charge is 2.50. The van der Waals surface area contributed by atoms with Crippen LogP contribution < -0.4 is 0 Å². The number of hydrogen-bond donors (Lipinski definition) is 1. The minimum absolute atomic E-state index is 0.105. The Bertz CT molecular complexity index is 393. The largest absolute Gasteiger partial charge is 0.329 e. The molecule has 0 radical (unpaired) electrons. The summed E-state index contributed by atoms with van der Waals surface area (Å²) in [5.41, 5.74) is 0.972. The maximum atomic E-state index is 11.3. The number of nitrogens with one attached hydrogen (secondary N) is 1. The van der Waals surface area contributed by atoms with Gasteiger partial charge in [0.1, 0.15) is 0 Å². The van der Waals surface area contributed by atoms with Crippen molar-refractivity contribution >= 4 is 17.7 Å². The first kappa shape index (κ1) is 9.21. The second kappa shape index (κ2) is 2.98. The van der Waals surface area contributed by atoms with Crippen LogP contribution in [-0.4, -0.2) is 42.9 Å². The van der Waals surface area contributed by atoms with Crippen LogP contribution in [0.4, 0.5) is 0 Å². The molecule has 0 aliphatic carbocycles. The highest BCUT2D eigenvalue weighted by atomic mass is 32.2. The SMILES string of the molecule is C[C@]1(Cc2cn[nH]n2)CN2C(=O)C[C@H]2S1. The molecule has 1 amide bonds. The number of aromatic nitrogens is 3. The second-order valence-electron chi connectivity index (χ2n) is 4.39. The Labute approximate surface area is 91.6 Å². The predicted octanol–water partition coefficient (Wildman–Crippen LogP) is 0.411. The van der Waals surface area contributed by atoms with Crippen molar-refractivity contribution in [1.82, 2.24) is 20.3 Å². The molecule has 80 valence electrons. The third-order valence-corrected chi connectivity index (χ3v) is 4.50. The number of amides is 1. The van der Waals surface area contributed by atoms with E-state index in [0.29, 0.717) is 11.8 Å². The molecule has 1 aromatic rings. The van der Waals surface area contributed by atoms with Gasteiger partial charge in [0.15, 0.2) is 0 Å². The Morgan fingerprint density at radius 1 is 1.80 bits per heavy atom. The number of carbonyl (C=O) groups is 1. The molecule has 2 atom stereocenters. The van der Waals surface area contributed by atoms with E-state index >= 15 is 0 Å². The van der Waals surface area contributed by atoms with Crippen LogP contribution >= 0.6 is 11.8 Å². The first-order valence-corrected chi connectivity index (χ1v) is 5.86. The molecule has 3 rings (SSSR count). The van der Waals surface area contributed by atoms with Crippen LogP contribution in [0.5, 0.6) is 0 Å². The van der Waals surface area contributed by atoms with Gasteiger partial charge in [-0.15, -0.1) is 11.8 Å². The van der Waals surface area contributed by atoms with E-state index in [-0.39, 0.29) is 10.7 Å². The molecule has 0 bridgehead atoms. The molecule has 2 saturated heterocycles. The molecule has 1 N–H and O–H groups in total. The zero-order valence-corrected chi connectivity index (χ0v) is 9.25. The van der Waals surface area contributed by atoms with E-state index in [1.165, 1.54) is 0 Å². The zero-order chi connectivity index (χ0) is 10.5. The summed E-state index contributed by atoms with van der Waals surface area (Å²) in [5.74, 6) is 0.288. The first-order chi connectivity index (χ1) is 7.16. The third-order valence-electron chi connectivity index (χ3n) is 2.96. The first-order valence-electron chi connectivity index (χ1n) is 4.98. The molecule has 2 aliphatic rings. The Kier molecular flexibility index (Phi) is 1.83. The normalized spacial score (nSPS) is 34.1. The fourth-order valence-corrected chi connectivity index (χ4v) is 3.88. The van der Waals surface area contributed by atoms with Gasteiger partial charge in [0, 0.05) is 17.7 Å². The molecule has 0 unspecified atom stereocenters. The minimum atomic E-state index is 0.105. The van der Waals surface area contributed by atoms with Crippen LogP contribution in [-0.2, 0) is 11.2 Å². The van der Waals surface area contributed by atoms with Gasteiger partial charge >= 0.3 is 0 Å². The van der Waals surface area contributed by atoms with Crippen LogP contribution in [0.25, 0.3) is 0 Å². The van der Waals surface area contributed by atoms with E-state index in [9.17, 15) is 4.79 Å². The van der Waals surface area contributed by atoms with E-state index in [4.69, 9.17) is 0 Å². The van der Waals surface area contributed by atoms with Crippen LogP contribution in [0.1, 0.15) is 19.0 Å². The van der Waals surface area contributed by atoms with Gasteiger partial charge in [-0.2, -0.15) is 15.4 Å². The average Bonchev–Trinajstić information content (AvgIpc) is 2.74. The Hall–Kier alpha value is -1.04. The molecule has 2 aliphatic heterocycles. The summed E-state index contributed by atoms with van der Waals surface area (Å²) < 4.78 is 0.105. The Morgan fingerprint density at radius 3 is 3.27 bits per heavy atom. The summed E-state index contributed by atoms with van der Waals surface area (Å²) in [6.45, 7) is 3.03. The lowest BCUT2D eigenvalue weighted by Crippen LogP contribution is -2.47. The quantitative estimate of drug-likeness (QED) is 0.739. The molecule has 15 heavy (non-hydrogen) atoms. The van der Waals surface area contributed by atoms with Crippen molar-refractivity contribution in [2.75, 3.05) is 6.54 Å². The van der Waals surface area contributed by atoms with Crippen molar-refractivity contribution in [2.24, 2.45) is 0 Å². The molecule has 0 saturated carbocycles. The molecular formula is C9H12N4OS. The zero-order valence-electron chi connectivity index (χ0n) is 8.43. The van der Waals surface area contributed by atoms with Gasteiger partial charge in [-0.25, -0.2) is 0 Å². The van der Waals surface area contributed by atoms with Gasteiger partial charge in [0.25, 0.3) is 0 Å². The minimum Gasteiger partial charge on any atom is -0.329 e. The van der Waals surface area contributed by atoms with Crippen molar-refractivity contribution in [1.29, 1.82) is 0 Å². The summed E-state index contributed by atoms with van der Waals surface area (Å²) in [6.07, 6.45) is 3.33. The monoisotopic (exact) mass is 224 g/mol. The van der Waals surface area contributed by atoms with Crippen LogP contribution in [0.15, 0.2) is 6.20 Å². The highest BCUT2D eigenvalue weighted by Crippen LogP contribution is 2.47. The number of carbonyl (C=O) groups excluding carboxylic acids is 1. The summed E-state index contributed by atoms with van der Waals surface area (Å²) in [6, 6.07) is 0. The van der Waals surface area contributed by atoms with E-state index in [2.05, 4.69) is 22.3 Å². The van der Waals surface area contributed by atoms with Crippen LogP contribution in [0, 0.1) is 0 Å². The summed E-state index contributed by atoms with van der Waals surface area (Å²) in [5, 5.41) is 10.9. The number of thioether (sulfide) groups is 1. The molecule has 3 heterocycles. The highest BCUT2D eigenvalue weighted by molar-refractivity contribution is 8.01. The van der Waals surface area contributed by atoms with Crippen LogP contribution in [0.3, 0.4) is 0 Å². The summed E-state index contributed by atoms with van der Waals surface area (Å²) >= 11 is 1.89. The number of aromatic amines is 1. The van der Waals surface area contributed by atoms with E-state index in [1.54, 1.807) is 6.20 Å². The van der Waals surface area contributed by atoms with Gasteiger partial charge in [0.05, 0.1) is 23.7 Å². The molecule has 0 aromatic carbocycles. The lowest BCUT2D eigenvalue weighted by molar-refractivity contribution is -0.140. The lowest BCUT2D eigenvalue weighted by Gasteiger charge is -2.32. The van der Waals surface area contributed by atoms with Crippen molar-refractivity contribution < 1.29 is 4.79 Å². The van der Waals surface area contributed by atoms with Gasteiger partial charge in [0.2, 0.25) is 5.91 Å². The molecule has 6 heteroatoms. The number of fused-ring (bicyclic) bond motifs is 1. The molecule has 2 fully saturated rings. The number of hydrogen-bond acceptors (Lipinski definition) is 4. The summed E-state index contributed by atoms with van der Waals surface area (Å²) in [4.78, 5) is 13.2. The molecular weight excluding hydrogens is 212 g/mol. The molecule has 1 aromatic heterocycles. The Morgan fingerprint density at radius 2 is 2.67 bits per heavy atom. The van der Waals surface area contributed by atoms with E-state index in [1.807, 2.05) is 16.7 Å². The fraction of sp³-hybridized carbons (Fsp3) is 0.667. The van der Waals surface area contributed by atoms with Crippen molar-refractivity contribution in [2.45, 2.75) is 29.9 Å². The number of β-lactam (4-membered cyclic amide) rings is 1. The van der Waals surface area contributed by atoms with E-state index in [0.717, 1.165) is 18.7 Å². The van der Waals surface area contributed by atoms with Crippen molar-refractivity contribution in [3.63, 3.8) is 0 Å². The van der Waals surface area contributed by atoms with Gasteiger partial charge in [-0.3, -0.25) is 4.79 Å². The predicted molar refractivity (Wildman–Crippen MR) is 56.2 cm³/mol. The van der Waals surface area contributed by atoms with Crippen molar-refractivity contribution in [3.8, 4) is 0 Å². The topological polar surface area (TPSA) is 61.9 Å². The van der Waals surface area contributed by atoms with Gasteiger partial charge in [-0.1, -0.05) is 0 Å². The second-order valence-corrected chi connectivity index (χ2v) is 6.15. The standard InChI is InChI=1S/C9H12N4OS/c1-9(3-6-4-10-12-11-6)5-13-7(14)2-8(13)15-9/h4,8H,2-3,5H2,1H3,(H,10,11,12)/t8-,9+/m1/s1. The van der Waals surface area contributed by atoms with Crippen LogP contribution in [0.2, 0.25) is 0 Å². The number of rotatable bonds is 2. The fourth-order valence-electron chi connectivity index (χ4n) is 2.24. The van der Waals surface area contributed by atoms with Gasteiger partial charge in [-0.05, 0) is 6.92 Å². The molecule has 5 nitrogen and oxygen atoms in total. The maximum absolute atomic E-state index is 11.3. The Balaban J connectivity index is 1.73. The van der Waals surface area contributed by atoms with Gasteiger partial charge < -0.3 is 4.90 Å². The average molecular weight is 224 g/mol. The van der Waals surface area contributed by atoms with E-state index < -0.39 is 0 Å². The molecule has 0 spiro atoms. The summed E-state index contributed by atoms with van der Waals surface area (Å²) in [7, 11) is 0. The third kappa shape index (κ3) is 1.43. The number of H-pyrrole nitrogens is 1. The smallest absolute Gasteiger partial charge is 0.226 e.